The standard InChI is InChI=1S/C16H18BrClN2O/c1-10(2)21-15-5-3-4-11(8-15)16(20-19)12-6-13(17)9-14(18)7-12/h3-10,16,20H,19H2,1-2H3. The van der Waals surface area contributed by atoms with Crippen molar-refractivity contribution in [1.82, 2.24) is 5.43 Å². The molecule has 0 aliphatic rings. The van der Waals surface area contributed by atoms with Crippen LogP contribution in [0.15, 0.2) is 46.9 Å². The van der Waals surface area contributed by atoms with Crippen LogP contribution in [-0.2, 0) is 0 Å². The van der Waals surface area contributed by atoms with E-state index in [4.69, 9.17) is 22.2 Å². The van der Waals surface area contributed by atoms with Gasteiger partial charge in [0, 0.05) is 9.50 Å². The van der Waals surface area contributed by atoms with E-state index in [1.165, 1.54) is 0 Å². The maximum Gasteiger partial charge on any atom is 0.120 e. The number of rotatable bonds is 5. The lowest BCUT2D eigenvalue weighted by molar-refractivity contribution is 0.242. The molecule has 0 spiro atoms. The highest BCUT2D eigenvalue weighted by Gasteiger charge is 2.14. The van der Waals surface area contributed by atoms with E-state index in [0.717, 1.165) is 21.3 Å². The van der Waals surface area contributed by atoms with Crippen LogP contribution in [-0.4, -0.2) is 6.10 Å². The third kappa shape index (κ3) is 4.45. The van der Waals surface area contributed by atoms with E-state index in [9.17, 15) is 0 Å². The van der Waals surface area contributed by atoms with Crippen molar-refractivity contribution in [1.29, 1.82) is 0 Å². The minimum absolute atomic E-state index is 0.129. The predicted octanol–water partition coefficient (Wildman–Crippen LogP) is 4.44. The van der Waals surface area contributed by atoms with Gasteiger partial charge in [-0.3, -0.25) is 5.84 Å². The molecule has 2 aromatic carbocycles. The quantitative estimate of drug-likeness (QED) is 0.605. The molecule has 0 radical (unpaired) electrons. The number of nitrogens with one attached hydrogen (secondary N) is 1. The van der Waals surface area contributed by atoms with Crippen molar-refractivity contribution >= 4 is 27.5 Å². The zero-order valence-electron chi connectivity index (χ0n) is 11.9. The Hall–Kier alpha value is -1.07. The number of halogens is 2. The van der Waals surface area contributed by atoms with E-state index in [1.807, 2.05) is 56.3 Å². The minimum Gasteiger partial charge on any atom is -0.491 e. The third-order valence-electron chi connectivity index (χ3n) is 2.95. The fraction of sp³-hybridized carbons (Fsp3) is 0.250. The van der Waals surface area contributed by atoms with Gasteiger partial charge in [0.2, 0.25) is 0 Å². The summed E-state index contributed by atoms with van der Waals surface area (Å²) in [6, 6.07) is 13.5. The zero-order chi connectivity index (χ0) is 15.4. The lowest BCUT2D eigenvalue weighted by Gasteiger charge is -2.19. The van der Waals surface area contributed by atoms with Gasteiger partial charge in [-0.2, -0.15) is 0 Å². The van der Waals surface area contributed by atoms with Gasteiger partial charge in [-0.05, 0) is 55.3 Å². The summed E-state index contributed by atoms with van der Waals surface area (Å²) in [6.07, 6.45) is 0.129. The molecule has 2 aromatic rings. The SMILES string of the molecule is CC(C)Oc1cccc(C(NN)c2cc(Cl)cc(Br)c2)c1. The number of ether oxygens (including phenoxy) is 1. The molecule has 112 valence electrons. The molecule has 3 nitrogen and oxygen atoms in total. The van der Waals surface area contributed by atoms with Gasteiger partial charge in [0.25, 0.3) is 0 Å². The average Bonchev–Trinajstić information content (AvgIpc) is 2.38. The Morgan fingerprint density at radius 3 is 2.52 bits per heavy atom. The highest BCUT2D eigenvalue weighted by molar-refractivity contribution is 9.10. The maximum absolute atomic E-state index is 6.12. The number of nitrogens with two attached hydrogens (primary N) is 1. The molecular formula is C16H18BrClN2O. The van der Waals surface area contributed by atoms with Gasteiger partial charge in [0.1, 0.15) is 5.75 Å². The van der Waals surface area contributed by atoms with E-state index < -0.39 is 0 Å². The van der Waals surface area contributed by atoms with Crippen LogP contribution in [0.25, 0.3) is 0 Å². The van der Waals surface area contributed by atoms with Crippen LogP contribution in [0.3, 0.4) is 0 Å². The molecule has 1 unspecified atom stereocenters. The molecule has 3 N–H and O–H groups in total. The van der Waals surface area contributed by atoms with Gasteiger partial charge in [-0.1, -0.05) is 39.7 Å². The lowest BCUT2D eigenvalue weighted by Crippen LogP contribution is -2.28. The van der Waals surface area contributed by atoms with E-state index in [0.29, 0.717) is 5.02 Å². The molecule has 21 heavy (non-hydrogen) atoms. The van der Waals surface area contributed by atoms with Crippen molar-refractivity contribution in [3.05, 3.63) is 63.1 Å². The van der Waals surface area contributed by atoms with E-state index in [1.54, 1.807) is 0 Å². The van der Waals surface area contributed by atoms with Crippen molar-refractivity contribution in [2.45, 2.75) is 26.0 Å². The molecule has 0 amide bonds. The van der Waals surface area contributed by atoms with E-state index in [-0.39, 0.29) is 12.1 Å². The molecule has 0 aromatic heterocycles. The van der Waals surface area contributed by atoms with Crippen LogP contribution in [0.1, 0.15) is 31.0 Å². The minimum atomic E-state index is -0.157. The fourth-order valence-electron chi connectivity index (χ4n) is 2.17. The van der Waals surface area contributed by atoms with Crippen LogP contribution in [0.5, 0.6) is 5.75 Å². The summed E-state index contributed by atoms with van der Waals surface area (Å²) < 4.78 is 6.65. The molecule has 0 saturated heterocycles. The fourth-order valence-corrected chi connectivity index (χ4v) is 3.05. The summed E-state index contributed by atoms with van der Waals surface area (Å²) in [6.45, 7) is 4.00. The third-order valence-corrected chi connectivity index (χ3v) is 3.62. The molecule has 0 fully saturated rings. The normalized spacial score (nSPS) is 12.5. The summed E-state index contributed by atoms with van der Waals surface area (Å²) in [5.74, 6) is 6.56. The Kier molecular flexibility index (Phi) is 5.65. The van der Waals surface area contributed by atoms with Crippen LogP contribution in [0, 0.1) is 0 Å². The van der Waals surface area contributed by atoms with Gasteiger partial charge < -0.3 is 4.74 Å². The second-order valence-corrected chi connectivity index (χ2v) is 6.39. The molecule has 0 aliphatic carbocycles. The van der Waals surface area contributed by atoms with Crippen LogP contribution in [0.2, 0.25) is 5.02 Å². The highest BCUT2D eigenvalue weighted by atomic mass is 79.9. The molecule has 1 atom stereocenters. The molecule has 5 heteroatoms. The first-order valence-electron chi connectivity index (χ1n) is 6.68. The van der Waals surface area contributed by atoms with Crippen molar-refractivity contribution in [3.8, 4) is 5.75 Å². The zero-order valence-corrected chi connectivity index (χ0v) is 14.3. The summed E-state index contributed by atoms with van der Waals surface area (Å²) in [5.41, 5.74) is 4.84. The Labute approximate surface area is 138 Å². The monoisotopic (exact) mass is 368 g/mol. The van der Waals surface area contributed by atoms with E-state index >= 15 is 0 Å². The Balaban J connectivity index is 2.36. The largest absolute Gasteiger partial charge is 0.491 e. The second kappa shape index (κ2) is 7.27. The molecule has 0 aliphatic heterocycles. The topological polar surface area (TPSA) is 47.3 Å². The first-order chi connectivity index (χ1) is 9.99. The Morgan fingerprint density at radius 1 is 1.14 bits per heavy atom. The van der Waals surface area contributed by atoms with Gasteiger partial charge in [-0.25, -0.2) is 5.43 Å². The smallest absolute Gasteiger partial charge is 0.120 e. The molecule has 0 saturated carbocycles. The summed E-state index contributed by atoms with van der Waals surface area (Å²) in [7, 11) is 0. The first kappa shape index (κ1) is 16.3. The number of hydrogen-bond donors (Lipinski definition) is 2. The van der Waals surface area contributed by atoms with Crippen molar-refractivity contribution in [2.75, 3.05) is 0 Å². The average molecular weight is 370 g/mol. The van der Waals surface area contributed by atoms with Gasteiger partial charge in [-0.15, -0.1) is 0 Å². The maximum atomic E-state index is 6.12. The van der Waals surface area contributed by atoms with Crippen LogP contribution < -0.4 is 16.0 Å². The summed E-state index contributed by atoms with van der Waals surface area (Å²) in [5, 5.41) is 0.661. The number of benzene rings is 2. The predicted molar refractivity (Wildman–Crippen MR) is 90.5 cm³/mol. The number of hydrogen-bond acceptors (Lipinski definition) is 3. The van der Waals surface area contributed by atoms with Crippen molar-refractivity contribution in [2.24, 2.45) is 5.84 Å². The summed E-state index contributed by atoms with van der Waals surface area (Å²) in [4.78, 5) is 0. The second-order valence-electron chi connectivity index (χ2n) is 5.04. The Morgan fingerprint density at radius 2 is 1.90 bits per heavy atom. The molecule has 0 bridgehead atoms. The molecule has 2 rings (SSSR count). The van der Waals surface area contributed by atoms with Crippen LogP contribution >= 0.6 is 27.5 Å². The molecular weight excluding hydrogens is 352 g/mol. The van der Waals surface area contributed by atoms with E-state index in [2.05, 4.69) is 21.4 Å². The lowest BCUT2D eigenvalue weighted by atomic mass is 9.99. The Bertz CT molecular complexity index is 599. The molecule has 0 heterocycles. The van der Waals surface area contributed by atoms with Gasteiger partial charge in [0.05, 0.1) is 12.1 Å². The number of hydrazine groups is 1. The van der Waals surface area contributed by atoms with Crippen molar-refractivity contribution < 1.29 is 4.74 Å². The van der Waals surface area contributed by atoms with Crippen molar-refractivity contribution in [3.63, 3.8) is 0 Å². The van der Waals surface area contributed by atoms with Crippen LogP contribution in [0.4, 0.5) is 0 Å². The highest BCUT2D eigenvalue weighted by Crippen LogP contribution is 2.29. The van der Waals surface area contributed by atoms with Gasteiger partial charge in [0.15, 0.2) is 0 Å². The summed E-state index contributed by atoms with van der Waals surface area (Å²) >= 11 is 9.57. The first-order valence-corrected chi connectivity index (χ1v) is 7.85. The van der Waals surface area contributed by atoms with Gasteiger partial charge >= 0.3 is 0 Å².